The topological polar surface area (TPSA) is 84.0 Å². The fourth-order valence-corrected chi connectivity index (χ4v) is 3.53. The number of rotatable bonds is 4. The van der Waals surface area contributed by atoms with Crippen LogP contribution in [0.4, 0.5) is 0 Å². The molecule has 0 aliphatic rings. The molecule has 3 N–H and O–H groups in total. The molecule has 0 saturated heterocycles. The van der Waals surface area contributed by atoms with Gasteiger partial charge in [-0.15, -0.1) is 0 Å². The second-order valence-electron chi connectivity index (χ2n) is 4.71. The zero-order valence-electron chi connectivity index (χ0n) is 11.8. The molecule has 0 amide bonds. The van der Waals surface area contributed by atoms with E-state index in [0.29, 0.717) is 10.5 Å². The Morgan fingerprint density at radius 3 is 2.29 bits per heavy atom. The van der Waals surface area contributed by atoms with Crippen LogP contribution < -0.4 is 5.73 Å². The van der Waals surface area contributed by atoms with Crippen molar-refractivity contribution in [2.45, 2.75) is 21.6 Å². The van der Waals surface area contributed by atoms with Crippen molar-refractivity contribution in [3.8, 4) is 0 Å². The summed E-state index contributed by atoms with van der Waals surface area (Å²) in [5, 5.41) is 7.64. The Morgan fingerprint density at radius 2 is 1.76 bits per heavy atom. The highest BCUT2D eigenvalue weighted by molar-refractivity contribution is 7.99. The maximum Gasteiger partial charge on any atom is 0.175 e. The summed E-state index contributed by atoms with van der Waals surface area (Å²) in [5.74, 6) is 0.0222. The van der Waals surface area contributed by atoms with E-state index in [9.17, 15) is 8.42 Å². The first-order valence-electron chi connectivity index (χ1n) is 6.21. The predicted molar refractivity (Wildman–Crippen MR) is 85.9 cm³/mol. The molecule has 0 heterocycles. The molecule has 0 aliphatic heterocycles. The molecular formula is C15H16N2O2S2. The average molecular weight is 320 g/mol. The fraction of sp³-hybridized carbons (Fsp3) is 0.133. The predicted octanol–water partition coefficient (Wildman–Crippen LogP) is 2.83. The number of sulfone groups is 1. The van der Waals surface area contributed by atoms with Crippen LogP contribution in [-0.2, 0) is 9.84 Å². The quantitative estimate of drug-likeness (QED) is 0.670. The van der Waals surface area contributed by atoms with E-state index in [-0.39, 0.29) is 5.84 Å². The summed E-state index contributed by atoms with van der Waals surface area (Å²) >= 11 is 1.47. The first-order chi connectivity index (χ1) is 9.79. The molecule has 0 saturated carbocycles. The Labute approximate surface area is 128 Å². The molecule has 0 atom stereocenters. The van der Waals surface area contributed by atoms with Gasteiger partial charge in [0.2, 0.25) is 0 Å². The van der Waals surface area contributed by atoms with Crippen LogP contribution in [0.1, 0.15) is 11.1 Å². The van der Waals surface area contributed by atoms with Gasteiger partial charge in [0.15, 0.2) is 9.84 Å². The van der Waals surface area contributed by atoms with Crippen LogP contribution in [0.2, 0.25) is 0 Å². The SMILES string of the molecule is Cc1cccc(C(=N)N)c1Sc1ccc(S(C)(=O)=O)cc1. The molecule has 110 valence electrons. The molecule has 0 aliphatic carbocycles. The maximum atomic E-state index is 11.4. The molecule has 2 rings (SSSR count). The van der Waals surface area contributed by atoms with Crippen LogP contribution in [0.15, 0.2) is 57.2 Å². The van der Waals surface area contributed by atoms with Gasteiger partial charge in [0.05, 0.1) is 4.90 Å². The molecule has 0 fully saturated rings. The molecule has 2 aromatic rings. The molecule has 6 heteroatoms. The third-order valence-corrected chi connectivity index (χ3v) is 5.36. The number of benzene rings is 2. The van der Waals surface area contributed by atoms with Crippen molar-refractivity contribution in [1.82, 2.24) is 0 Å². The molecule has 0 unspecified atom stereocenters. The van der Waals surface area contributed by atoms with Gasteiger partial charge in [-0.1, -0.05) is 30.0 Å². The molecule has 0 bridgehead atoms. The van der Waals surface area contributed by atoms with Crippen molar-refractivity contribution >= 4 is 27.4 Å². The van der Waals surface area contributed by atoms with E-state index < -0.39 is 9.84 Å². The van der Waals surface area contributed by atoms with Gasteiger partial charge in [0, 0.05) is 21.6 Å². The number of nitrogen functional groups attached to an aromatic ring is 1. The summed E-state index contributed by atoms with van der Waals surface area (Å²) in [6, 6.07) is 12.3. The second-order valence-corrected chi connectivity index (χ2v) is 7.81. The summed E-state index contributed by atoms with van der Waals surface area (Å²) in [6.45, 7) is 1.96. The van der Waals surface area contributed by atoms with Gasteiger partial charge in [-0.3, -0.25) is 5.41 Å². The Bertz CT molecular complexity index is 782. The minimum absolute atomic E-state index is 0.0222. The molecule has 21 heavy (non-hydrogen) atoms. The highest BCUT2D eigenvalue weighted by Gasteiger charge is 2.11. The molecule has 0 aromatic heterocycles. The number of hydrogen-bond acceptors (Lipinski definition) is 4. The molecular weight excluding hydrogens is 304 g/mol. The smallest absolute Gasteiger partial charge is 0.175 e. The van der Waals surface area contributed by atoms with Gasteiger partial charge in [-0.2, -0.15) is 0 Å². The first kappa shape index (κ1) is 15.6. The van der Waals surface area contributed by atoms with E-state index in [1.54, 1.807) is 24.3 Å². The molecule has 0 spiro atoms. The van der Waals surface area contributed by atoms with Gasteiger partial charge >= 0.3 is 0 Å². The zero-order chi connectivity index (χ0) is 15.6. The largest absolute Gasteiger partial charge is 0.384 e. The van der Waals surface area contributed by atoms with Crippen molar-refractivity contribution in [2.75, 3.05) is 6.26 Å². The van der Waals surface area contributed by atoms with Crippen LogP contribution >= 0.6 is 11.8 Å². The van der Waals surface area contributed by atoms with Crippen LogP contribution in [0, 0.1) is 12.3 Å². The van der Waals surface area contributed by atoms with Gasteiger partial charge in [-0.05, 0) is 36.8 Å². The third kappa shape index (κ3) is 3.65. The number of hydrogen-bond donors (Lipinski definition) is 2. The van der Waals surface area contributed by atoms with E-state index in [2.05, 4.69) is 0 Å². The van der Waals surface area contributed by atoms with Gasteiger partial charge in [0.25, 0.3) is 0 Å². The van der Waals surface area contributed by atoms with E-state index in [4.69, 9.17) is 11.1 Å². The zero-order valence-corrected chi connectivity index (χ0v) is 13.4. The van der Waals surface area contributed by atoms with E-state index >= 15 is 0 Å². The first-order valence-corrected chi connectivity index (χ1v) is 8.92. The van der Waals surface area contributed by atoms with Crippen LogP contribution in [-0.4, -0.2) is 20.5 Å². The Morgan fingerprint density at radius 1 is 1.14 bits per heavy atom. The Hall–Kier alpha value is -1.79. The van der Waals surface area contributed by atoms with E-state index in [1.807, 2.05) is 25.1 Å². The van der Waals surface area contributed by atoms with Crippen LogP contribution in [0.25, 0.3) is 0 Å². The average Bonchev–Trinajstić information content (AvgIpc) is 2.40. The normalized spacial score (nSPS) is 11.3. The van der Waals surface area contributed by atoms with Crippen molar-refractivity contribution in [3.05, 3.63) is 53.6 Å². The Balaban J connectivity index is 2.37. The maximum absolute atomic E-state index is 11.4. The lowest BCUT2D eigenvalue weighted by atomic mass is 10.1. The van der Waals surface area contributed by atoms with Gasteiger partial charge in [-0.25, -0.2) is 8.42 Å². The summed E-state index contributed by atoms with van der Waals surface area (Å²) < 4.78 is 22.9. The molecule has 4 nitrogen and oxygen atoms in total. The number of amidine groups is 1. The van der Waals surface area contributed by atoms with E-state index in [1.165, 1.54) is 18.0 Å². The third-order valence-electron chi connectivity index (χ3n) is 2.97. The van der Waals surface area contributed by atoms with Crippen molar-refractivity contribution < 1.29 is 8.42 Å². The fourth-order valence-electron chi connectivity index (χ4n) is 1.87. The summed E-state index contributed by atoms with van der Waals surface area (Å²) in [6.07, 6.45) is 1.18. The monoisotopic (exact) mass is 320 g/mol. The molecule has 0 radical (unpaired) electrons. The standard InChI is InChI=1S/C15H16N2O2S2/c1-10-4-3-5-13(15(16)17)14(10)20-11-6-8-12(9-7-11)21(2,18)19/h3-9H,1-2H3,(H3,16,17). The minimum atomic E-state index is -3.19. The number of nitrogens with one attached hydrogen (secondary N) is 1. The van der Waals surface area contributed by atoms with Crippen molar-refractivity contribution in [3.63, 3.8) is 0 Å². The van der Waals surface area contributed by atoms with Crippen molar-refractivity contribution in [1.29, 1.82) is 5.41 Å². The molecule has 2 aromatic carbocycles. The minimum Gasteiger partial charge on any atom is -0.384 e. The highest BCUT2D eigenvalue weighted by atomic mass is 32.2. The van der Waals surface area contributed by atoms with Crippen molar-refractivity contribution in [2.24, 2.45) is 5.73 Å². The summed E-state index contributed by atoms with van der Waals surface area (Å²) in [4.78, 5) is 2.11. The Kier molecular flexibility index (Phi) is 4.39. The highest BCUT2D eigenvalue weighted by Crippen LogP contribution is 2.33. The summed E-state index contributed by atoms with van der Waals surface area (Å²) in [7, 11) is -3.19. The van der Waals surface area contributed by atoms with E-state index in [0.717, 1.165) is 15.4 Å². The lowest BCUT2D eigenvalue weighted by Crippen LogP contribution is -2.12. The van der Waals surface area contributed by atoms with Gasteiger partial charge in [0.1, 0.15) is 5.84 Å². The lowest BCUT2D eigenvalue weighted by molar-refractivity contribution is 0.602. The second kappa shape index (κ2) is 5.91. The lowest BCUT2D eigenvalue weighted by Gasteiger charge is -2.11. The number of nitrogens with two attached hydrogens (primary N) is 1. The van der Waals surface area contributed by atoms with Crippen LogP contribution in [0.5, 0.6) is 0 Å². The van der Waals surface area contributed by atoms with Gasteiger partial charge < -0.3 is 5.73 Å². The summed E-state index contributed by atoms with van der Waals surface area (Å²) in [5.41, 5.74) is 7.32. The van der Waals surface area contributed by atoms with Crippen LogP contribution in [0.3, 0.4) is 0 Å². The number of aryl methyl sites for hydroxylation is 1.